The number of halogens is 3. The summed E-state index contributed by atoms with van der Waals surface area (Å²) in [6.45, 7) is -0.213. The van der Waals surface area contributed by atoms with Gasteiger partial charge in [0.2, 0.25) is 0 Å². The van der Waals surface area contributed by atoms with Gasteiger partial charge >= 0.3 is 5.51 Å². The summed E-state index contributed by atoms with van der Waals surface area (Å²) >= 11 is 0. The molecule has 0 unspecified atom stereocenters. The zero-order chi connectivity index (χ0) is 13.3. The molecule has 1 atom stereocenters. The van der Waals surface area contributed by atoms with Gasteiger partial charge in [0, 0.05) is 6.54 Å². The summed E-state index contributed by atoms with van der Waals surface area (Å²) in [5.41, 5.74) is -0.209. The normalized spacial score (nSPS) is 14.6. The fourth-order valence-corrected chi connectivity index (χ4v) is 1.97. The van der Waals surface area contributed by atoms with Crippen molar-refractivity contribution in [1.29, 1.82) is 0 Å². The molecule has 3 N–H and O–H groups in total. The van der Waals surface area contributed by atoms with Crippen LogP contribution in [0.15, 0.2) is 29.2 Å². The Morgan fingerprint density at radius 2 is 1.94 bits per heavy atom. The van der Waals surface area contributed by atoms with Crippen molar-refractivity contribution in [3.05, 3.63) is 29.8 Å². The highest BCUT2D eigenvalue weighted by molar-refractivity contribution is 7.92. The Labute approximate surface area is 95.8 Å². The van der Waals surface area contributed by atoms with Gasteiger partial charge in [-0.25, -0.2) is 8.42 Å². The van der Waals surface area contributed by atoms with Crippen molar-refractivity contribution in [2.45, 2.75) is 16.5 Å². The molecule has 4 nitrogen and oxygen atoms in total. The molecule has 0 aromatic heterocycles. The molecule has 0 heterocycles. The largest absolute Gasteiger partial charge is 0.501 e. The van der Waals surface area contributed by atoms with Crippen LogP contribution >= 0.6 is 0 Å². The predicted octanol–water partition coefficient (Wildman–Crippen LogP) is 0.972. The monoisotopic (exact) mass is 269 g/mol. The summed E-state index contributed by atoms with van der Waals surface area (Å²) in [6.07, 6.45) is -1.20. The van der Waals surface area contributed by atoms with E-state index in [1.165, 1.54) is 6.07 Å². The van der Waals surface area contributed by atoms with Crippen LogP contribution in [0.25, 0.3) is 0 Å². The van der Waals surface area contributed by atoms with Crippen LogP contribution in [0.2, 0.25) is 0 Å². The number of aliphatic hydroxyl groups excluding tert-OH is 1. The van der Waals surface area contributed by atoms with Gasteiger partial charge in [0.1, 0.15) is 0 Å². The summed E-state index contributed by atoms with van der Waals surface area (Å²) in [5.74, 6) is 0. The summed E-state index contributed by atoms with van der Waals surface area (Å²) in [7, 11) is -5.39. The Morgan fingerprint density at radius 3 is 2.41 bits per heavy atom. The minimum absolute atomic E-state index is 0.0258. The molecular weight excluding hydrogens is 259 g/mol. The van der Waals surface area contributed by atoms with E-state index in [2.05, 4.69) is 0 Å². The van der Waals surface area contributed by atoms with E-state index >= 15 is 0 Å². The maximum absolute atomic E-state index is 12.3. The Kier molecular flexibility index (Phi) is 3.80. The molecule has 0 spiro atoms. The highest BCUT2D eigenvalue weighted by atomic mass is 32.2. The number of hydrogen-bond acceptors (Lipinski definition) is 4. The first-order valence-corrected chi connectivity index (χ1v) is 5.98. The highest BCUT2D eigenvalue weighted by Crippen LogP contribution is 2.31. The van der Waals surface area contributed by atoms with E-state index in [0.717, 1.165) is 18.2 Å². The van der Waals surface area contributed by atoms with E-state index < -0.39 is 26.3 Å². The molecule has 0 saturated carbocycles. The molecule has 0 aliphatic carbocycles. The minimum atomic E-state index is -5.39. The number of nitrogens with two attached hydrogens (primary N) is 1. The van der Waals surface area contributed by atoms with Crippen molar-refractivity contribution >= 4 is 9.84 Å². The highest BCUT2D eigenvalue weighted by Gasteiger charge is 2.46. The molecule has 0 fully saturated rings. The molecule has 0 aliphatic rings. The second-order valence-corrected chi connectivity index (χ2v) is 5.21. The lowest BCUT2D eigenvalue weighted by atomic mass is 10.1. The topological polar surface area (TPSA) is 80.4 Å². The van der Waals surface area contributed by atoms with Gasteiger partial charge in [-0.2, -0.15) is 13.2 Å². The lowest BCUT2D eigenvalue weighted by molar-refractivity contribution is -0.0436. The average molecular weight is 269 g/mol. The minimum Gasteiger partial charge on any atom is -0.387 e. The third kappa shape index (κ3) is 2.76. The van der Waals surface area contributed by atoms with Crippen LogP contribution in [0.1, 0.15) is 11.7 Å². The number of hydrogen-bond donors (Lipinski definition) is 2. The molecule has 1 rings (SSSR count). The predicted molar refractivity (Wildman–Crippen MR) is 53.7 cm³/mol. The van der Waals surface area contributed by atoms with Gasteiger partial charge in [-0.05, 0) is 17.7 Å². The second-order valence-electron chi connectivity index (χ2n) is 3.27. The lowest BCUT2D eigenvalue weighted by Gasteiger charge is -2.11. The zero-order valence-corrected chi connectivity index (χ0v) is 9.29. The van der Waals surface area contributed by atoms with Crippen molar-refractivity contribution in [3.8, 4) is 0 Å². The Hall–Kier alpha value is -1.12. The number of sulfone groups is 1. The molecule has 17 heavy (non-hydrogen) atoms. The van der Waals surface area contributed by atoms with E-state index in [4.69, 9.17) is 5.73 Å². The standard InChI is InChI=1S/C9H10F3NO3S/c10-9(11,12)17(15,16)7-3-1-2-6(4-7)8(14)5-13/h1-4,8,14H,5,13H2/t8-/m1/s1. The first-order valence-electron chi connectivity index (χ1n) is 4.49. The molecule has 1 aromatic carbocycles. The van der Waals surface area contributed by atoms with E-state index in [9.17, 15) is 26.7 Å². The molecule has 1 aromatic rings. The maximum atomic E-state index is 12.3. The first kappa shape index (κ1) is 13.9. The molecule has 0 aliphatic heterocycles. The molecule has 0 saturated heterocycles. The van der Waals surface area contributed by atoms with Crippen molar-refractivity contribution in [2.24, 2.45) is 5.73 Å². The number of rotatable bonds is 3. The van der Waals surface area contributed by atoms with Gasteiger partial charge < -0.3 is 10.8 Å². The van der Waals surface area contributed by atoms with E-state index in [1.54, 1.807) is 0 Å². The second kappa shape index (κ2) is 4.63. The van der Waals surface area contributed by atoms with Crippen LogP contribution < -0.4 is 5.73 Å². The SMILES string of the molecule is NC[C@@H](O)c1cccc(S(=O)(=O)C(F)(F)F)c1. The Balaban J connectivity index is 3.26. The van der Waals surface area contributed by atoms with Gasteiger partial charge in [-0.1, -0.05) is 12.1 Å². The molecule has 8 heteroatoms. The van der Waals surface area contributed by atoms with E-state index in [1.807, 2.05) is 0 Å². The zero-order valence-electron chi connectivity index (χ0n) is 8.48. The summed E-state index contributed by atoms with van der Waals surface area (Å²) in [6, 6.07) is 4.00. The van der Waals surface area contributed by atoms with Crippen LogP contribution in [0.4, 0.5) is 13.2 Å². The van der Waals surface area contributed by atoms with Gasteiger partial charge in [-0.15, -0.1) is 0 Å². The van der Waals surface area contributed by atoms with Crippen LogP contribution in [0.3, 0.4) is 0 Å². The smallest absolute Gasteiger partial charge is 0.387 e. The van der Waals surface area contributed by atoms with Crippen LogP contribution in [0, 0.1) is 0 Å². The van der Waals surface area contributed by atoms with E-state index in [-0.39, 0.29) is 12.1 Å². The molecule has 0 amide bonds. The Bertz CT molecular complexity index is 498. The fourth-order valence-electron chi connectivity index (χ4n) is 1.16. The summed E-state index contributed by atoms with van der Waals surface area (Å²) < 4.78 is 58.9. The maximum Gasteiger partial charge on any atom is 0.501 e. The number of alkyl halides is 3. The lowest BCUT2D eigenvalue weighted by Crippen LogP contribution is -2.23. The van der Waals surface area contributed by atoms with E-state index in [0.29, 0.717) is 0 Å². The van der Waals surface area contributed by atoms with Crippen molar-refractivity contribution in [3.63, 3.8) is 0 Å². The van der Waals surface area contributed by atoms with Crippen molar-refractivity contribution < 1.29 is 26.7 Å². The van der Waals surface area contributed by atoms with Gasteiger partial charge in [0.15, 0.2) is 0 Å². The van der Waals surface area contributed by atoms with Crippen LogP contribution in [0.5, 0.6) is 0 Å². The number of benzene rings is 1. The van der Waals surface area contributed by atoms with Gasteiger partial charge in [0.25, 0.3) is 9.84 Å². The third-order valence-corrected chi connectivity index (χ3v) is 3.57. The van der Waals surface area contributed by atoms with Crippen LogP contribution in [-0.2, 0) is 9.84 Å². The first-order chi connectivity index (χ1) is 7.70. The number of aliphatic hydroxyl groups is 1. The fraction of sp³-hybridized carbons (Fsp3) is 0.333. The van der Waals surface area contributed by atoms with Gasteiger partial charge in [-0.3, -0.25) is 0 Å². The average Bonchev–Trinajstić information content (AvgIpc) is 2.26. The van der Waals surface area contributed by atoms with Crippen molar-refractivity contribution in [2.75, 3.05) is 6.54 Å². The third-order valence-electron chi connectivity index (χ3n) is 2.08. The molecule has 0 bridgehead atoms. The Morgan fingerprint density at radius 1 is 1.35 bits per heavy atom. The molecule has 0 radical (unpaired) electrons. The summed E-state index contributed by atoms with van der Waals surface area (Å²) in [4.78, 5) is -0.907. The quantitative estimate of drug-likeness (QED) is 0.857. The summed E-state index contributed by atoms with van der Waals surface area (Å²) in [5, 5.41) is 9.32. The van der Waals surface area contributed by atoms with Crippen LogP contribution in [-0.4, -0.2) is 25.6 Å². The molecular formula is C9H10F3NO3S. The molecule has 96 valence electrons. The van der Waals surface area contributed by atoms with Gasteiger partial charge in [0.05, 0.1) is 11.0 Å². The van der Waals surface area contributed by atoms with Crippen molar-refractivity contribution in [1.82, 2.24) is 0 Å².